The van der Waals surface area contributed by atoms with Gasteiger partial charge in [0.15, 0.2) is 10.7 Å². The minimum Gasteiger partial charge on any atom is -0.448 e. The second kappa shape index (κ2) is 4.93. The Bertz CT molecular complexity index is 501. The fourth-order valence-electron chi connectivity index (χ4n) is 3.54. The van der Waals surface area contributed by atoms with E-state index >= 15 is 0 Å². The number of carbonyl (C=O) groups excluding carboxylic acids is 2. The first kappa shape index (κ1) is 16.2. The summed E-state index contributed by atoms with van der Waals surface area (Å²) in [6, 6.07) is 0. The zero-order valence-corrected chi connectivity index (χ0v) is 14.2. The molecule has 2 atom stereocenters. The van der Waals surface area contributed by atoms with Crippen LogP contribution < -0.4 is 5.32 Å². The van der Waals surface area contributed by atoms with E-state index < -0.39 is 16.4 Å². The fraction of sp³-hybridized carbons (Fsp3) is 0.800. The lowest BCUT2D eigenvalue weighted by Crippen LogP contribution is -2.56. The normalized spacial score (nSPS) is 32.7. The second-order valence-corrected chi connectivity index (χ2v) is 6.99. The van der Waals surface area contributed by atoms with Crippen LogP contribution in [0.2, 0.25) is 0 Å². The van der Waals surface area contributed by atoms with Crippen LogP contribution in [0.25, 0.3) is 0 Å². The first-order chi connectivity index (χ1) is 9.66. The molecular weight excluding hydrogens is 288 g/mol. The molecule has 0 aromatic carbocycles. The number of fused-ring (bicyclic) bond motifs is 2. The number of nitrogens with one attached hydrogen (secondary N) is 1. The summed E-state index contributed by atoms with van der Waals surface area (Å²) in [5, 5.41) is 3.17. The number of amides is 1. The average molecular weight is 312 g/mol. The fourth-order valence-corrected chi connectivity index (χ4v) is 3.89. The largest absolute Gasteiger partial charge is 0.448 e. The number of nitrogens with zero attached hydrogens (tertiary/aromatic N) is 1. The summed E-state index contributed by atoms with van der Waals surface area (Å²) in [6.45, 7) is 11.2. The van der Waals surface area contributed by atoms with Gasteiger partial charge in [-0.1, -0.05) is 13.8 Å². The second-order valence-electron chi connectivity index (χ2n) is 6.61. The molecule has 1 saturated heterocycles. The Kier molecular flexibility index (Phi) is 3.81. The third-order valence-corrected chi connectivity index (χ3v) is 6.08. The summed E-state index contributed by atoms with van der Waals surface area (Å²) in [5.74, 6) is -0.568. The van der Waals surface area contributed by atoms with Crippen LogP contribution in [0.4, 0.5) is 0 Å². The van der Waals surface area contributed by atoms with Gasteiger partial charge in [0.05, 0.1) is 5.41 Å². The Hall–Kier alpha value is -1.17. The van der Waals surface area contributed by atoms with Gasteiger partial charge >= 0.3 is 5.97 Å². The van der Waals surface area contributed by atoms with Crippen LogP contribution in [0.5, 0.6) is 0 Å². The predicted octanol–water partition coefficient (Wildman–Crippen LogP) is 1.85. The highest BCUT2D eigenvalue weighted by molar-refractivity contribution is 7.80. The zero-order chi connectivity index (χ0) is 16.1. The van der Waals surface area contributed by atoms with Crippen molar-refractivity contribution < 1.29 is 14.3 Å². The van der Waals surface area contributed by atoms with E-state index in [2.05, 4.69) is 5.32 Å². The van der Waals surface area contributed by atoms with E-state index in [4.69, 9.17) is 17.0 Å². The van der Waals surface area contributed by atoms with Crippen LogP contribution in [0.1, 0.15) is 47.5 Å². The van der Waals surface area contributed by atoms with E-state index in [1.54, 1.807) is 0 Å². The Morgan fingerprint density at radius 3 is 2.24 bits per heavy atom. The van der Waals surface area contributed by atoms with Crippen LogP contribution in [0.15, 0.2) is 0 Å². The maximum absolute atomic E-state index is 12.8. The molecule has 1 saturated carbocycles. The number of rotatable bonds is 3. The lowest BCUT2D eigenvalue weighted by atomic mass is 9.66. The van der Waals surface area contributed by atoms with Crippen LogP contribution >= 0.6 is 12.2 Å². The highest BCUT2D eigenvalue weighted by Gasteiger charge is 2.75. The summed E-state index contributed by atoms with van der Waals surface area (Å²) in [7, 11) is 0. The average Bonchev–Trinajstić information content (AvgIpc) is 2.70. The molecule has 0 radical (unpaired) electrons. The molecule has 0 aromatic rings. The Morgan fingerprint density at radius 1 is 1.29 bits per heavy atom. The summed E-state index contributed by atoms with van der Waals surface area (Å²) in [6.07, 6.45) is 1.22. The molecule has 2 rings (SSSR count). The van der Waals surface area contributed by atoms with Gasteiger partial charge in [0.1, 0.15) is 0 Å². The molecular formula is C15H24N2O3S. The van der Waals surface area contributed by atoms with E-state index in [0.717, 1.165) is 13.1 Å². The van der Waals surface area contributed by atoms with Crippen molar-refractivity contribution in [3.8, 4) is 0 Å². The van der Waals surface area contributed by atoms with Gasteiger partial charge in [0.25, 0.3) is 5.91 Å². The van der Waals surface area contributed by atoms with Gasteiger partial charge in [0, 0.05) is 18.5 Å². The van der Waals surface area contributed by atoms with Gasteiger partial charge in [-0.2, -0.15) is 0 Å². The molecule has 2 aliphatic rings. The maximum Gasteiger partial charge on any atom is 0.313 e. The smallest absolute Gasteiger partial charge is 0.313 e. The van der Waals surface area contributed by atoms with Crippen LogP contribution in [0.3, 0.4) is 0 Å². The summed E-state index contributed by atoms with van der Waals surface area (Å²) < 4.78 is 5.55. The van der Waals surface area contributed by atoms with Crippen molar-refractivity contribution in [3.05, 3.63) is 0 Å². The molecule has 1 heterocycles. The first-order valence-electron chi connectivity index (χ1n) is 7.50. The number of thiocarbonyl (C=S) groups is 1. The van der Waals surface area contributed by atoms with Crippen molar-refractivity contribution in [3.63, 3.8) is 0 Å². The summed E-state index contributed by atoms with van der Waals surface area (Å²) >= 11 is 5.28. The van der Waals surface area contributed by atoms with Crippen molar-refractivity contribution in [2.75, 3.05) is 13.1 Å². The molecule has 0 spiro atoms. The highest BCUT2D eigenvalue weighted by atomic mass is 32.1. The van der Waals surface area contributed by atoms with Gasteiger partial charge in [0.2, 0.25) is 0 Å². The zero-order valence-electron chi connectivity index (χ0n) is 13.4. The number of ether oxygens (including phenoxy) is 1. The van der Waals surface area contributed by atoms with Gasteiger partial charge in [-0.25, -0.2) is 0 Å². The van der Waals surface area contributed by atoms with E-state index in [-0.39, 0.29) is 11.9 Å². The minimum atomic E-state index is -1.10. The van der Waals surface area contributed by atoms with Crippen molar-refractivity contribution in [2.24, 2.45) is 10.8 Å². The van der Waals surface area contributed by atoms with Crippen LogP contribution in [-0.4, -0.2) is 40.6 Å². The van der Waals surface area contributed by atoms with Gasteiger partial charge in [-0.15, -0.1) is 0 Å². The monoisotopic (exact) mass is 312 g/mol. The molecule has 0 aromatic heterocycles. The predicted molar refractivity (Wildman–Crippen MR) is 83.6 cm³/mol. The molecule has 1 N–H and O–H groups in total. The first-order valence-corrected chi connectivity index (χ1v) is 7.91. The standard InChI is InChI=1S/C15H24N2O3S/c1-6-17(7-2)12(21)16-10(18)15-9-8-14(5,11(19)20-15)13(15,3)4/h6-9H2,1-5H3,(H,16,18,21)/t14-,15-/m0/s1. The van der Waals surface area contributed by atoms with Gasteiger partial charge in [-0.05, 0) is 45.8 Å². The topological polar surface area (TPSA) is 58.6 Å². The van der Waals surface area contributed by atoms with Crippen LogP contribution in [-0.2, 0) is 14.3 Å². The molecule has 2 bridgehead atoms. The third kappa shape index (κ3) is 1.91. The Morgan fingerprint density at radius 2 is 1.86 bits per heavy atom. The number of hydrogen-bond acceptors (Lipinski definition) is 4. The minimum absolute atomic E-state index is 0.275. The van der Waals surface area contributed by atoms with Crippen LogP contribution in [0, 0.1) is 10.8 Å². The number of esters is 1. The van der Waals surface area contributed by atoms with E-state index in [1.165, 1.54) is 0 Å². The highest BCUT2D eigenvalue weighted by Crippen LogP contribution is 2.65. The molecule has 5 nitrogen and oxygen atoms in total. The molecule has 1 aliphatic heterocycles. The number of carbonyl (C=O) groups is 2. The van der Waals surface area contributed by atoms with Crippen molar-refractivity contribution in [1.29, 1.82) is 0 Å². The third-order valence-electron chi connectivity index (χ3n) is 5.72. The number of hydrogen-bond donors (Lipinski definition) is 1. The molecule has 2 fully saturated rings. The van der Waals surface area contributed by atoms with E-state index in [9.17, 15) is 9.59 Å². The van der Waals surface area contributed by atoms with Crippen molar-refractivity contribution in [2.45, 2.75) is 53.1 Å². The van der Waals surface area contributed by atoms with E-state index in [0.29, 0.717) is 18.0 Å². The molecule has 0 unspecified atom stereocenters. The molecule has 1 aliphatic carbocycles. The maximum atomic E-state index is 12.8. The Labute approximate surface area is 131 Å². The van der Waals surface area contributed by atoms with Gasteiger partial charge in [-0.3, -0.25) is 14.9 Å². The van der Waals surface area contributed by atoms with Crippen molar-refractivity contribution in [1.82, 2.24) is 10.2 Å². The van der Waals surface area contributed by atoms with Gasteiger partial charge < -0.3 is 9.64 Å². The summed E-state index contributed by atoms with van der Waals surface area (Å²) in [5.41, 5.74) is -2.24. The Balaban J connectivity index is 2.24. The molecule has 21 heavy (non-hydrogen) atoms. The van der Waals surface area contributed by atoms with Crippen molar-refractivity contribution >= 4 is 29.2 Å². The SMILES string of the molecule is CCN(CC)C(=S)NC(=O)[C@]12CC[C@@](C)(C(=O)O1)C2(C)C. The molecule has 1 amide bonds. The van der Waals surface area contributed by atoms with E-state index in [1.807, 2.05) is 39.5 Å². The molecule has 118 valence electrons. The molecule has 6 heteroatoms. The lowest BCUT2D eigenvalue weighted by molar-refractivity contribution is -0.167. The lowest BCUT2D eigenvalue weighted by Gasteiger charge is -2.36. The summed E-state index contributed by atoms with van der Waals surface area (Å²) in [4.78, 5) is 26.8. The quantitative estimate of drug-likeness (QED) is 0.637.